The van der Waals surface area contributed by atoms with E-state index in [9.17, 15) is 18.4 Å². The molecule has 1 atom stereocenters. The molecule has 0 unspecified atom stereocenters. The molecule has 1 aliphatic rings. The van der Waals surface area contributed by atoms with E-state index in [-0.39, 0.29) is 5.75 Å². The zero-order valence-electron chi connectivity index (χ0n) is 15.1. The number of benzene rings is 2. The number of hydrazone groups is 1. The van der Waals surface area contributed by atoms with Crippen molar-refractivity contribution in [3.05, 3.63) is 59.7 Å². The lowest BCUT2D eigenvalue weighted by molar-refractivity contribution is -0.131. The van der Waals surface area contributed by atoms with Crippen molar-refractivity contribution in [3.8, 4) is 11.5 Å². The van der Waals surface area contributed by atoms with E-state index in [1.807, 2.05) is 0 Å². The minimum atomic E-state index is -2.95. The van der Waals surface area contributed by atoms with E-state index in [0.29, 0.717) is 16.9 Å². The summed E-state index contributed by atoms with van der Waals surface area (Å²) in [6, 6.07) is 11.7. The Kier molecular flexibility index (Phi) is 5.25. The number of hydrogen-bond donors (Lipinski definition) is 1. The fourth-order valence-corrected chi connectivity index (χ4v) is 2.71. The summed E-state index contributed by atoms with van der Waals surface area (Å²) in [6.45, 7) is -1.43. The number of urea groups is 1. The molecule has 3 amide bonds. The SMILES string of the molecule is COc1ccc(/C=N\N2C(=O)N[C@](C)(c3ccc(OC(F)F)cc3)C2=O)cc1. The van der Waals surface area contributed by atoms with Crippen LogP contribution in [0.25, 0.3) is 0 Å². The minimum Gasteiger partial charge on any atom is -0.497 e. The zero-order chi connectivity index (χ0) is 20.3. The van der Waals surface area contributed by atoms with E-state index in [0.717, 1.165) is 5.01 Å². The van der Waals surface area contributed by atoms with Gasteiger partial charge in [0.15, 0.2) is 0 Å². The van der Waals surface area contributed by atoms with Gasteiger partial charge in [0.1, 0.15) is 17.0 Å². The monoisotopic (exact) mass is 389 g/mol. The van der Waals surface area contributed by atoms with Crippen LogP contribution in [0.15, 0.2) is 53.6 Å². The summed E-state index contributed by atoms with van der Waals surface area (Å²) in [5.41, 5.74) is -0.296. The van der Waals surface area contributed by atoms with Crippen LogP contribution >= 0.6 is 0 Å². The van der Waals surface area contributed by atoms with Crippen LogP contribution in [0.1, 0.15) is 18.1 Å². The summed E-state index contributed by atoms with van der Waals surface area (Å²) < 4.78 is 33.9. The van der Waals surface area contributed by atoms with Crippen molar-refractivity contribution >= 4 is 18.2 Å². The third-order valence-corrected chi connectivity index (χ3v) is 4.26. The van der Waals surface area contributed by atoms with Crippen molar-refractivity contribution < 1.29 is 27.8 Å². The van der Waals surface area contributed by atoms with Gasteiger partial charge < -0.3 is 14.8 Å². The predicted molar refractivity (Wildman–Crippen MR) is 96.4 cm³/mol. The van der Waals surface area contributed by atoms with E-state index in [4.69, 9.17) is 4.74 Å². The van der Waals surface area contributed by atoms with Crippen molar-refractivity contribution in [1.82, 2.24) is 10.3 Å². The molecule has 1 fully saturated rings. The number of nitrogens with one attached hydrogen (secondary N) is 1. The van der Waals surface area contributed by atoms with Crippen LogP contribution in [0.2, 0.25) is 0 Å². The Balaban J connectivity index is 1.78. The first-order valence-corrected chi connectivity index (χ1v) is 8.23. The minimum absolute atomic E-state index is 0.0477. The highest BCUT2D eigenvalue weighted by Crippen LogP contribution is 2.30. The standard InChI is InChI=1S/C19H17F2N3O4/c1-19(13-5-9-15(10-6-13)28-17(20)21)16(25)24(18(26)23-19)22-11-12-3-7-14(27-2)8-4-12/h3-11,17H,1-2H3,(H,23,26)/b22-11-/t19-/m1/s1. The summed E-state index contributed by atoms with van der Waals surface area (Å²) in [4.78, 5) is 25.0. The van der Waals surface area contributed by atoms with Gasteiger partial charge in [-0.2, -0.15) is 13.9 Å². The van der Waals surface area contributed by atoms with E-state index in [1.165, 1.54) is 37.4 Å². The fraction of sp³-hybridized carbons (Fsp3) is 0.211. The number of nitrogens with zero attached hydrogens (tertiary/aromatic N) is 2. The van der Waals surface area contributed by atoms with Gasteiger partial charge >= 0.3 is 12.6 Å². The van der Waals surface area contributed by atoms with Crippen LogP contribution in [0.5, 0.6) is 11.5 Å². The van der Waals surface area contributed by atoms with Crippen LogP contribution in [0.4, 0.5) is 13.6 Å². The summed E-state index contributed by atoms with van der Waals surface area (Å²) in [5.74, 6) is 0.0253. The number of amides is 3. The molecule has 146 valence electrons. The highest BCUT2D eigenvalue weighted by Gasteiger charge is 2.49. The van der Waals surface area contributed by atoms with E-state index < -0.39 is 24.1 Å². The second kappa shape index (κ2) is 7.63. The predicted octanol–water partition coefficient (Wildman–Crippen LogP) is 3.10. The molecule has 2 aromatic carbocycles. The molecule has 1 saturated heterocycles. The highest BCUT2D eigenvalue weighted by molar-refractivity contribution is 6.07. The van der Waals surface area contributed by atoms with E-state index in [1.54, 1.807) is 31.4 Å². The smallest absolute Gasteiger partial charge is 0.387 e. The molecule has 9 heteroatoms. The topological polar surface area (TPSA) is 80.2 Å². The molecule has 1 heterocycles. The number of hydrogen-bond acceptors (Lipinski definition) is 5. The average molecular weight is 389 g/mol. The van der Waals surface area contributed by atoms with Gasteiger partial charge in [0.25, 0.3) is 5.91 Å². The molecule has 7 nitrogen and oxygen atoms in total. The first-order chi connectivity index (χ1) is 13.3. The molecule has 3 rings (SSSR count). The number of carbonyl (C=O) groups excluding carboxylic acids is 2. The maximum absolute atomic E-state index is 12.8. The first kappa shape index (κ1) is 19.3. The molecule has 0 aromatic heterocycles. The normalized spacial score (nSPS) is 19.4. The van der Waals surface area contributed by atoms with E-state index >= 15 is 0 Å². The molecule has 0 saturated carbocycles. The van der Waals surface area contributed by atoms with Crippen molar-refractivity contribution in [2.24, 2.45) is 5.10 Å². The number of carbonyl (C=O) groups is 2. The van der Waals surface area contributed by atoms with Crippen LogP contribution < -0.4 is 14.8 Å². The Labute approximate surface area is 159 Å². The molecule has 1 N–H and O–H groups in total. The number of alkyl halides is 2. The van der Waals surface area contributed by atoms with Crippen LogP contribution in [-0.4, -0.2) is 36.9 Å². The third kappa shape index (κ3) is 3.78. The maximum atomic E-state index is 12.8. The van der Waals surface area contributed by atoms with E-state index in [2.05, 4.69) is 15.2 Å². The maximum Gasteiger partial charge on any atom is 0.387 e. The third-order valence-electron chi connectivity index (χ3n) is 4.26. The molecular formula is C19H17F2N3O4. The Morgan fingerprint density at radius 1 is 1.07 bits per heavy atom. The Hall–Kier alpha value is -3.49. The molecule has 0 aliphatic carbocycles. The van der Waals surface area contributed by atoms with Crippen molar-refractivity contribution in [2.75, 3.05) is 7.11 Å². The quantitative estimate of drug-likeness (QED) is 0.608. The number of imide groups is 1. The Morgan fingerprint density at radius 2 is 1.68 bits per heavy atom. The van der Waals surface area contributed by atoms with Crippen molar-refractivity contribution in [1.29, 1.82) is 0 Å². The number of rotatable bonds is 6. The molecule has 1 aliphatic heterocycles. The molecular weight excluding hydrogens is 372 g/mol. The second-order valence-corrected chi connectivity index (χ2v) is 6.09. The average Bonchev–Trinajstić information content (AvgIpc) is 2.90. The fourth-order valence-electron chi connectivity index (χ4n) is 2.71. The Morgan fingerprint density at radius 3 is 2.25 bits per heavy atom. The summed E-state index contributed by atoms with van der Waals surface area (Å²) in [5, 5.41) is 7.28. The van der Waals surface area contributed by atoms with Gasteiger partial charge in [-0.25, -0.2) is 4.79 Å². The summed E-state index contributed by atoms with van der Waals surface area (Å²) >= 11 is 0. The second-order valence-electron chi connectivity index (χ2n) is 6.09. The largest absolute Gasteiger partial charge is 0.497 e. The lowest BCUT2D eigenvalue weighted by atomic mass is 9.92. The van der Waals surface area contributed by atoms with Crippen molar-refractivity contribution in [2.45, 2.75) is 19.1 Å². The van der Waals surface area contributed by atoms with Gasteiger partial charge in [0.05, 0.1) is 13.3 Å². The lowest BCUT2D eigenvalue weighted by Crippen LogP contribution is -2.40. The first-order valence-electron chi connectivity index (χ1n) is 8.23. The summed E-state index contributed by atoms with van der Waals surface area (Å²) in [7, 11) is 1.54. The summed E-state index contributed by atoms with van der Waals surface area (Å²) in [6.07, 6.45) is 1.38. The molecule has 28 heavy (non-hydrogen) atoms. The van der Waals surface area contributed by atoms with Crippen LogP contribution in [0.3, 0.4) is 0 Å². The van der Waals surface area contributed by atoms with Crippen LogP contribution in [0, 0.1) is 0 Å². The number of methoxy groups -OCH3 is 1. The molecule has 0 spiro atoms. The van der Waals surface area contributed by atoms with Gasteiger partial charge in [-0.05, 0) is 54.4 Å². The number of ether oxygens (including phenoxy) is 2. The lowest BCUT2D eigenvalue weighted by Gasteiger charge is -2.21. The van der Waals surface area contributed by atoms with Gasteiger partial charge in [-0.1, -0.05) is 12.1 Å². The molecule has 0 radical (unpaired) electrons. The van der Waals surface area contributed by atoms with Gasteiger partial charge in [-0.15, -0.1) is 5.01 Å². The zero-order valence-corrected chi connectivity index (χ0v) is 15.1. The molecule has 2 aromatic rings. The number of halogens is 2. The van der Waals surface area contributed by atoms with Gasteiger partial charge in [0.2, 0.25) is 0 Å². The van der Waals surface area contributed by atoms with Crippen molar-refractivity contribution in [3.63, 3.8) is 0 Å². The highest BCUT2D eigenvalue weighted by atomic mass is 19.3. The van der Waals surface area contributed by atoms with Crippen LogP contribution in [-0.2, 0) is 10.3 Å². The van der Waals surface area contributed by atoms with Gasteiger partial charge in [-0.3, -0.25) is 4.79 Å². The van der Waals surface area contributed by atoms with Gasteiger partial charge in [0, 0.05) is 0 Å². The molecule has 0 bridgehead atoms. The Bertz CT molecular complexity index is 900.